The number of halogens is 2. The summed E-state index contributed by atoms with van der Waals surface area (Å²) in [6, 6.07) is 20.3. The number of anilines is 4. The number of hydrogen-bond acceptors (Lipinski definition) is 8. The zero-order chi connectivity index (χ0) is 34.8. The maximum Gasteiger partial charge on any atom is 0.263 e. The molecule has 16 heteroatoms. The van der Waals surface area contributed by atoms with Gasteiger partial charge in [-0.2, -0.15) is 0 Å². The predicted molar refractivity (Wildman–Crippen MR) is 184 cm³/mol. The maximum absolute atomic E-state index is 13.0. The summed E-state index contributed by atoms with van der Waals surface area (Å²) < 4.78 is 66.6. The highest BCUT2D eigenvalue weighted by Crippen LogP contribution is 2.46. The minimum Gasteiger partial charge on any atom is -0.497 e. The highest BCUT2D eigenvalue weighted by molar-refractivity contribution is 7.93. The number of amides is 2. The Labute approximate surface area is 287 Å². The van der Waals surface area contributed by atoms with Gasteiger partial charge in [0.1, 0.15) is 21.3 Å². The maximum atomic E-state index is 13.0. The lowest BCUT2D eigenvalue weighted by atomic mass is 10.2. The molecule has 0 bridgehead atoms. The Morgan fingerprint density at radius 2 is 0.938 bits per heavy atom. The Balaban J connectivity index is 1.19. The van der Waals surface area contributed by atoms with Crippen LogP contribution in [-0.4, -0.2) is 42.9 Å². The van der Waals surface area contributed by atoms with Crippen LogP contribution in [0.4, 0.5) is 22.7 Å². The van der Waals surface area contributed by atoms with E-state index < -0.39 is 43.7 Å². The normalized spacial score (nSPS) is 15.6. The summed E-state index contributed by atoms with van der Waals surface area (Å²) in [6.45, 7) is 3.82. The summed E-state index contributed by atoms with van der Waals surface area (Å²) in [5.74, 6) is -1.72. The van der Waals surface area contributed by atoms with E-state index in [-0.39, 0.29) is 31.2 Å². The lowest BCUT2D eigenvalue weighted by Crippen LogP contribution is -2.21. The second-order valence-electron chi connectivity index (χ2n) is 10.5. The highest BCUT2D eigenvalue weighted by Gasteiger charge is 2.52. The standard InChI is InChI=1S/C32H28Cl2N4O8S2/c1-18-29(31(39)35-21-8-14-27(25(33)16-21)47(41,42)37-19-4-10-23(45-2)11-5-19)30(18)32(40)36-22-9-15-28(26(34)17-22)48(43,44)38-20-6-12-24(46-3)13-7-20/h4-17,29-30,37-38H,1H2,2-3H3,(H,35,39)(H,36,40). The van der Waals surface area contributed by atoms with E-state index >= 15 is 0 Å². The molecule has 4 N–H and O–H groups in total. The van der Waals surface area contributed by atoms with Crippen molar-refractivity contribution in [1.82, 2.24) is 0 Å². The lowest BCUT2D eigenvalue weighted by Gasteiger charge is -2.12. The smallest absolute Gasteiger partial charge is 0.263 e. The van der Waals surface area contributed by atoms with Crippen molar-refractivity contribution < 1.29 is 35.9 Å². The summed E-state index contributed by atoms with van der Waals surface area (Å²) in [6.07, 6.45) is 0. The number of ether oxygens (including phenoxy) is 2. The van der Waals surface area contributed by atoms with Crippen molar-refractivity contribution in [3.63, 3.8) is 0 Å². The molecule has 4 aromatic rings. The van der Waals surface area contributed by atoms with E-state index in [2.05, 4.69) is 26.7 Å². The zero-order valence-corrected chi connectivity index (χ0v) is 28.4. The fourth-order valence-electron chi connectivity index (χ4n) is 4.73. The molecule has 12 nitrogen and oxygen atoms in total. The molecule has 250 valence electrons. The van der Waals surface area contributed by atoms with Gasteiger partial charge < -0.3 is 20.1 Å². The number of rotatable bonds is 12. The van der Waals surface area contributed by atoms with Crippen LogP contribution in [0.15, 0.2) is 107 Å². The van der Waals surface area contributed by atoms with E-state index in [0.29, 0.717) is 28.4 Å². The zero-order valence-electron chi connectivity index (χ0n) is 25.3. The van der Waals surface area contributed by atoms with Gasteiger partial charge in [-0.3, -0.25) is 19.0 Å². The third-order valence-electron chi connectivity index (χ3n) is 7.25. The van der Waals surface area contributed by atoms with Gasteiger partial charge in [-0.05, 0) is 84.9 Å². The summed E-state index contributed by atoms with van der Waals surface area (Å²) in [7, 11) is -5.13. The van der Waals surface area contributed by atoms with Gasteiger partial charge >= 0.3 is 0 Å². The molecular weight excluding hydrogens is 703 g/mol. The van der Waals surface area contributed by atoms with Crippen molar-refractivity contribution in [3.05, 3.63) is 107 Å². The fraction of sp³-hybridized carbons (Fsp3) is 0.125. The molecule has 4 aromatic carbocycles. The first-order valence-electron chi connectivity index (χ1n) is 14.0. The second kappa shape index (κ2) is 13.8. The van der Waals surface area contributed by atoms with Gasteiger partial charge in [0.25, 0.3) is 20.0 Å². The minimum absolute atomic E-state index is 0.140. The second-order valence-corrected chi connectivity index (χ2v) is 14.6. The van der Waals surface area contributed by atoms with Crippen molar-refractivity contribution in [2.45, 2.75) is 9.79 Å². The predicted octanol–water partition coefficient (Wildman–Crippen LogP) is 5.99. The Bertz CT molecular complexity index is 1980. The molecule has 0 spiro atoms. The Kier molecular flexibility index (Phi) is 9.91. The van der Waals surface area contributed by atoms with E-state index in [1.165, 1.54) is 74.9 Å². The first-order valence-corrected chi connectivity index (χ1v) is 17.7. The number of methoxy groups -OCH3 is 2. The van der Waals surface area contributed by atoms with Gasteiger partial charge in [-0.15, -0.1) is 0 Å². The average molecular weight is 732 g/mol. The molecule has 0 heterocycles. The van der Waals surface area contributed by atoms with Crippen LogP contribution in [0.1, 0.15) is 0 Å². The van der Waals surface area contributed by atoms with E-state index in [1.54, 1.807) is 24.3 Å². The number of hydrogen-bond donors (Lipinski definition) is 4. The van der Waals surface area contributed by atoms with Crippen LogP contribution in [0.5, 0.6) is 11.5 Å². The molecule has 2 atom stereocenters. The Morgan fingerprint density at radius 3 is 1.25 bits per heavy atom. The molecule has 1 aliphatic carbocycles. The van der Waals surface area contributed by atoms with Gasteiger partial charge in [0.2, 0.25) is 11.8 Å². The van der Waals surface area contributed by atoms with Crippen LogP contribution in [0.25, 0.3) is 0 Å². The molecule has 48 heavy (non-hydrogen) atoms. The number of carbonyl (C=O) groups is 2. The van der Waals surface area contributed by atoms with Crippen molar-refractivity contribution in [1.29, 1.82) is 0 Å². The molecule has 0 aromatic heterocycles. The number of carbonyl (C=O) groups excluding carboxylic acids is 2. The van der Waals surface area contributed by atoms with Crippen LogP contribution >= 0.6 is 23.2 Å². The highest BCUT2D eigenvalue weighted by atomic mass is 35.5. The van der Waals surface area contributed by atoms with E-state index in [4.69, 9.17) is 32.7 Å². The van der Waals surface area contributed by atoms with Crippen molar-refractivity contribution in [2.75, 3.05) is 34.3 Å². The minimum atomic E-state index is -4.06. The number of nitrogens with one attached hydrogen (secondary N) is 4. The van der Waals surface area contributed by atoms with Gasteiger partial charge in [0.05, 0.1) is 36.1 Å². The monoisotopic (exact) mass is 730 g/mol. The Morgan fingerprint density at radius 1 is 0.604 bits per heavy atom. The van der Waals surface area contributed by atoms with Crippen LogP contribution in [0, 0.1) is 11.8 Å². The van der Waals surface area contributed by atoms with Gasteiger partial charge in [0, 0.05) is 22.7 Å². The third-order valence-corrected chi connectivity index (χ3v) is 11.0. The molecule has 2 unspecified atom stereocenters. The largest absolute Gasteiger partial charge is 0.497 e. The summed E-state index contributed by atoms with van der Waals surface area (Å²) in [5.41, 5.74) is 1.36. The van der Waals surface area contributed by atoms with Crippen LogP contribution in [-0.2, 0) is 29.6 Å². The molecule has 2 amide bonds. The lowest BCUT2D eigenvalue weighted by molar-refractivity contribution is -0.122. The summed E-state index contributed by atoms with van der Waals surface area (Å²) in [5, 5.41) is 4.98. The molecule has 1 aliphatic rings. The number of sulfonamides is 2. The first-order chi connectivity index (χ1) is 22.7. The van der Waals surface area contributed by atoms with Crippen molar-refractivity contribution in [3.8, 4) is 11.5 Å². The number of benzene rings is 4. The van der Waals surface area contributed by atoms with E-state index in [1.807, 2.05) is 0 Å². The SMILES string of the molecule is C=C1C(C(=O)Nc2ccc(S(=O)(=O)Nc3ccc(OC)cc3)c(Cl)c2)C1C(=O)Nc1ccc(S(=O)(=O)Nc2ccc(OC)cc2)c(Cl)c1. The molecular formula is C32H28Cl2N4O8S2. The molecule has 0 saturated heterocycles. The molecule has 1 fully saturated rings. The average Bonchev–Trinajstić information content (AvgIpc) is 3.72. The fourth-order valence-corrected chi connectivity index (χ4v) is 7.93. The summed E-state index contributed by atoms with van der Waals surface area (Å²) in [4.78, 5) is 25.6. The van der Waals surface area contributed by atoms with Crippen LogP contribution in [0.3, 0.4) is 0 Å². The van der Waals surface area contributed by atoms with Crippen molar-refractivity contribution >= 4 is 77.8 Å². The summed E-state index contributed by atoms with van der Waals surface area (Å²) >= 11 is 12.6. The molecule has 5 rings (SSSR count). The topological polar surface area (TPSA) is 169 Å². The van der Waals surface area contributed by atoms with E-state index in [0.717, 1.165) is 0 Å². The molecule has 0 aliphatic heterocycles. The van der Waals surface area contributed by atoms with Crippen molar-refractivity contribution in [2.24, 2.45) is 11.8 Å². The van der Waals surface area contributed by atoms with Crippen LogP contribution in [0.2, 0.25) is 10.0 Å². The Hall–Kier alpha value is -4.76. The molecule has 1 saturated carbocycles. The molecule has 0 radical (unpaired) electrons. The van der Waals surface area contributed by atoms with Gasteiger partial charge in [-0.1, -0.05) is 35.4 Å². The van der Waals surface area contributed by atoms with Gasteiger partial charge in [0.15, 0.2) is 0 Å². The van der Waals surface area contributed by atoms with E-state index in [9.17, 15) is 26.4 Å². The van der Waals surface area contributed by atoms with Crippen LogP contribution < -0.4 is 29.6 Å². The van der Waals surface area contributed by atoms with Gasteiger partial charge in [-0.25, -0.2) is 16.8 Å². The quantitative estimate of drug-likeness (QED) is 0.129. The third kappa shape index (κ3) is 7.68. The first kappa shape index (κ1) is 34.6.